The number of nitrogens with one attached hydrogen (secondary N) is 1. The number of halogens is 2. The van der Waals surface area contributed by atoms with Crippen molar-refractivity contribution in [3.05, 3.63) is 34.1 Å². The van der Waals surface area contributed by atoms with Crippen LogP contribution in [0.25, 0.3) is 0 Å². The molecule has 1 aromatic heterocycles. The summed E-state index contributed by atoms with van der Waals surface area (Å²) in [7, 11) is 1.87. The number of rotatable bonds is 3. The summed E-state index contributed by atoms with van der Waals surface area (Å²) in [5.74, 6) is 0. The predicted octanol–water partition coefficient (Wildman–Crippen LogP) is 3.62. The minimum absolute atomic E-state index is 0.492. The summed E-state index contributed by atoms with van der Waals surface area (Å²) in [5.41, 5.74) is 8.71. The highest BCUT2D eigenvalue weighted by atomic mass is 35.5. The number of anilines is 3. The van der Waals surface area contributed by atoms with Gasteiger partial charge in [0.25, 0.3) is 0 Å². The molecule has 2 rings (SSSR count). The zero-order chi connectivity index (χ0) is 13.3. The lowest BCUT2D eigenvalue weighted by atomic mass is 10.2. The SMILES string of the molecule is CCc1nn(C)cc1Nc1c(Cl)cc(N)cc1Cl. The summed E-state index contributed by atoms with van der Waals surface area (Å²) in [6, 6.07) is 3.33. The molecule has 4 nitrogen and oxygen atoms in total. The normalized spacial score (nSPS) is 10.7. The molecule has 0 unspecified atom stereocenters. The Morgan fingerprint density at radius 1 is 1.33 bits per heavy atom. The molecule has 96 valence electrons. The van der Waals surface area contributed by atoms with Crippen molar-refractivity contribution in [2.45, 2.75) is 13.3 Å². The Bertz CT molecular complexity index is 554. The highest BCUT2D eigenvalue weighted by Crippen LogP contribution is 2.35. The highest BCUT2D eigenvalue weighted by molar-refractivity contribution is 6.39. The third-order valence-electron chi connectivity index (χ3n) is 2.56. The van der Waals surface area contributed by atoms with Crippen molar-refractivity contribution in [2.24, 2.45) is 7.05 Å². The van der Waals surface area contributed by atoms with Crippen LogP contribution in [0, 0.1) is 0 Å². The van der Waals surface area contributed by atoms with Gasteiger partial charge in [-0.2, -0.15) is 5.10 Å². The van der Waals surface area contributed by atoms with Crippen LogP contribution in [0.3, 0.4) is 0 Å². The Hall–Kier alpha value is -1.39. The van der Waals surface area contributed by atoms with Crippen LogP contribution in [-0.2, 0) is 13.5 Å². The van der Waals surface area contributed by atoms with Gasteiger partial charge in [0.1, 0.15) is 0 Å². The number of hydrogen-bond donors (Lipinski definition) is 2. The maximum absolute atomic E-state index is 6.13. The van der Waals surface area contributed by atoms with Crippen molar-refractivity contribution in [3.63, 3.8) is 0 Å². The van der Waals surface area contributed by atoms with Crippen LogP contribution in [0.4, 0.5) is 17.1 Å². The minimum atomic E-state index is 0.492. The standard InChI is InChI=1S/C12H14Cl2N4/c1-3-10-11(6-18(2)17-10)16-12-8(13)4-7(15)5-9(12)14/h4-6,16H,3,15H2,1-2H3. The number of nitrogens with zero attached hydrogens (tertiary/aromatic N) is 2. The first kappa shape index (κ1) is 13.1. The third-order valence-corrected chi connectivity index (χ3v) is 3.16. The molecule has 0 spiro atoms. The van der Waals surface area contributed by atoms with E-state index in [0.717, 1.165) is 17.8 Å². The van der Waals surface area contributed by atoms with E-state index in [1.807, 2.05) is 20.2 Å². The van der Waals surface area contributed by atoms with Crippen molar-refractivity contribution < 1.29 is 0 Å². The summed E-state index contributed by atoms with van der Waals surface area (Å²) in [6.45, 7) is 2.04. The fraction of sp³-hybridized carbons (Fsp3) is 0.250. The van der Waals surface area contributed by atoms with Gasteiger partial charge in [0, 0.05) is 18.9 Å². The Labute approximate surface area is 116 Å². The Kier molecular flexibility index (Phi) is 3.68. The molecule has 1 aromatic carbocycles. The van der Waals surface area contributed by atoms with Crippen LogP contribution >= 0.6 is 23.2 Å². The lowest BCUT2D eigenvalue weighted by Crippen LogP contribution is -1.96. The van der Waals surface area contributed by atoms with Crippen LogP contribution < -0.4 is 11.1 Å². The van der Waals surface area contributed by atoms with Crippen molar-refractivity contribution in [1.29, 1.82) is 0 Å². The molecule has 0 saturated heterocycles. The maximum atomic E-state index is 6.13. The van der Waals surface area contributed by atoms with Crippen molar-refractivity contribution >= 4 is 40.3 Å². The average molecular weight is 285 g/mol. The number of nitrogens with two attached hydrogens (primary N) is 1. The summed E-state index contributed by atoms with van der Waals surface area (Å²) >= 11 is 12.3. The molecule has 2 aromatic rings. The first-order chi connectivity index (χ1) is 8.51. The first-order valence-corrected chi connectivity index (χ1v) is 6.31. The molecule has 18 heavy (non-hydrogen) atoms. The molecule has 0 aliphatic carbocycles. The molecule has 0 radical (unpaired) electrons. The number of benzene rings is 1. The van der Waals surface area contributed by atoms with E-state index in [9.17, 15) is 0 Å². The van der Waals surface area contributed by atoms with E-state index in [-0.39, 0.29) is 0 Å². The second-order valence-corrected chi connectivity index (χ2v) is 4.82. The summed E-state index contributed by atoms with van der Waals surface area (Å²) < 4.78 is 1.75. The Morgan fingerprint density at radius 3 is 2.50 bits per heavy atom. The number of aryl methyl sites for hydroxylation is 2. The molecular formula is C12H14Cl2N4. The molecule has 0 atom stereocenters. The van der Waals surface area contributed by atoms with Crippen LogP contribution in [0.2, 0.25) is 10.0 Å². The van der Waals surface area contributed by atoms with E-state index < -0.39 is 0 Å². The van der Waals surface area contributed by atoms with Crippen molar-refractivity contribution in [3.8, 4) is 0 Å². The zero-order valence-electron chi connectivity index (χ0n) is 10.2. The first-order valence-electron chi connectivity index (χ1n) is 5.55. The summed E-state index contributed by atoms with van der Waals surface area (Å²) in [4.78, 5) is 0. The number of nitrogen functional groups attached to an aromatic ring is 1. The Balaban J connectivity index is 2.39. The molecule has 1 heterocycles. The van der Waals surface area contributed by atoms with E-state index in [2.05, 4.69) is 10.4 Å². The van der Waals surface area contributed by atoms with Crippen LogP contribution in [0.15, 0.2) is 18.3 Å². The van der Waals surface area contributed by atoms with Crippen LogP contribution in [0.5, 0.6) is 0 Å². The van der Waals surface area contributed by atoms with E-state index in [4.69, 9.17) is 28.9 Å². The topological polar surface area (TPSA) is 55.9 Å². The average Bonchev–Trinajstić information content (AvgIpc) is 2.64. The van der Waals surface area contributed by atoms with Gasteiger partial charge < -0.3 is 11.1 Å². The van der Waals surface area contributed by atoms with E-state index in [0.29, 0.717) is 21.4 Å². The fourth-order valence-electron chi connectivity index (χ4n) is 1.75. The van der Waals surface area contributed by atoms with E-state index in [1.54, 1.807) is 16.8 Å². The van der Waals surface area contributed by atoms with Gasteiger partial charge in [-0.3, -0.25) is 4.68 Å². The summed E-state index contributed by atoms with van der Waals surface area (Å²) in [6.07, 6.45) is 2.72. The summed E-state index contributed by atoms with van der Waals surface area (Å²) in [5, 5.41) is 8.53. The minimum Gasteiger partial charge on any atom is -0.399 e. The van der Waals surface area contributed by atoms with Gasteiger partial charge in [0.2, 0.25) is 0 Å². The molecule has 3 N–H and O–H groups in total. The molecule has 0 aliphatic heterocycles. The number of hydrogen-bond acceptors (Lipinski definition) is 3. The second kappa shape index (κ2) is 5.08. The predicted molar refractivity (Wildman–Crippen MR) is 76.7 cm³/mol. The molecule has 0 fully saturated rings. The van der Waals surface area contributed by atoms with Crippen LogP contribution in [0.1, 0.15) is 12.6 Å². The molecule has 0 saturated carbocycles. The second-order valence-electron chi connectivity index (χ2n) is 4.00. The smallest absolute Gasteiger partial charge is 0.0856 e. The fourth-order valence-corrected chi connectivity index (χ4v) is 2.35. The quantitative estimate of drug-likeness (QED) is 0.847. The molecular weight excluding hydrogens is 271 g/mol. The largest absolute Gasteiger partial charge is 0.399 e. The van der Waals surface area contributed by atoms with Crippen molar-refractivity contribution in [2.75, 3.05) is 11.1 Å². The highest BCUT2D eigenvalue weighted by Gasteiger charge is 2.11. The lowest BCUT2D eigenvalue weighted by molar-refractivity contribution is 0.746. The molecule has 0 aliphatic rings. The van der Waals surface area contributed by atoms with E-state index in [1.165, 1.54) is 0 Å². The monoisotopic (exact) mass is 284 g/mol. The lowest BCUT2D eigenvalue weighted by Gasteiger charge is -2.10. The van der Waals surface area contributed by atoms with E-state index >= 15 is 0 Å². The molecule has 0 bridgehead atoms. The molecule has 6 heteroatoms. The van der Waals surface area contributed by atoms with Gasteiger partial charge in [0.05, 0.1) is 27.1 Å². The van der Waals surface area contributed by atoms with Gasteiger partial charge in [-0.1, -0.05) is 30.1 Å². The Morgan fingerprint density at radius 2 is 1.94 bits per heavy atom. The van der Waals surface area contributed by atoms with Gasteiger partial charge >= 0.3 is 0 Å². The molecule has 0 amide bonds. The van der Waals surface area contributed by atoms with Gasteiger partial charge in [-0.25, -0.2) is 0 Å². The van der Waals surface area contributed by atoms with Gasteiger partial charge in [-0.05, 0) is 18.6 Å². The van der Waals surface area contributed by atoms with Gasteiger partial charge in [0.15, 0.2) is 0 Å². The van der Waals surface area contributed by atoms with Crippen LogP contribution in [-0.4, -0.2) is 9.78 Å². The zero-order valence-corrected chi connectivity index (χ0v) is 11.7. The van der Waals surface area contributed by atoms with Crippen molar-refractivity contribution in [1.82, 2.24) is 9.78 Å². The third kappa shape index (κ3) is 2.54. The maximum Gasteiger partial charge on any atom is 0.0856 e. The number of aromatic nitrogens is 2. The van der Waals surface area contributed by atoms with Gasteiger partial charge in [-0.15, -0.1) is 0 Å².